The Balaban J connectivity index is 2.18. The van der Waals surface area contributed by atoms with E-state index in [0.29, 0.717) is 30.6 Å². The highest BCUT2D eigenvalue weighted by molar-refractivity contribution is 9.10. The average Bonchev–Trinajstić information content (AvgIpc) is 2.71. The van der Waals surface area contributed by atoms with Gasteiger partial charge < -0.3 is 10.4 Å². The van der Waals surface area contributed by atoms with E-state index in [-0.39, 0.29) is 0 Å². The van der Waals surface area contributed by atoms with Gasteiger partial charge in [-0.05, 0) is 40.9 Å². The summed E-state index contributed by atoms with van der Waals surface area (Å²) in [5.41, 5.74) is 0.495. The van der Waals surface area contributed by atoms with Crippen molar-refractivity contribution in [2.75, 3.05) is 11.9 Å². The molecule has 0 unspecified atom stereocenters. The summed E-state index contributed by atoms with van der Waals surface area (Å²) >= 11 is 3.35. The third-order valence-corrected chi connectivity index (χ3v) is 4.92. The lowest BCUT2D eigenvalue weighted by molar-refractivity contribution is -0.149. The maximum Gasteiger partial charge on any atom is 0.311 e. The number of nitrogens with one attached hydrogen (secondary N) is 1. The number of hydrogen-bond acceptors (Lipinski definition) is 3. The van der Waals surface area contributed by atoms with Crippen LogP contribution < -0.4 is 5.32 Å². The predicted molar refractivity (Wildman–Crippen MR) is 85.1 cm³/mol. The second-order valence-electron chi connectivity index (χ2n) is 5.63. The second-order valence-corrected chi connectivity index (χ2v) is 6.48. The van der Waals surface area contributed by atoms with Crippen LogP contribution in [0, 0.1) is 16.7 Å². The quantitative estimate of drug-likeness (QED) is 0.799. The zero-order valence-electron chi connectivity index (χ0n) is 11.9. The van der Waals surface area contributed by atoms with Crippen LogP contribution in [0.3, 0.4) is 0 Å². The van der Waals surface area contributed by atoms with Gasteiger partial charge in [0.25, 0.3) is 0 Å². The summed E-state index contributed by atoms with van der Waals surface area (Å²) in [6.07, 6.45) is 5.52. The smallest absolute Gasteiger partial charge is 0.311 e. The van der Waals surface area contributed by atoms with E-state index in [4.69, 9.17) is 0 Å². The number of hydrogen-bond donors (Lipinski definition) is 2. The molecular weight excluding hydrogens is 332 g/mol. The Kier molecular flexibility index (Phi) is 5.24. The normalized spacial score (nSPS) is 17.5. The van der Waals surface area contributed by atoms with Crippen LogP contribution in [0.1, 0.15) is 44.1 Å². The fraction of sp³-hybridized carbons (Fsp3) is 0.500. The van der Waals surface area contributed by atoms with Gasteiger partial charge in [-0.2, -0.15) is 5.26 Å². The summed E-state index contributed by atoms with van der Waals surface area (Å²) in [7, 11) is 0. The number of nitriles is 1. The molecule has 0 radical (unpaired) electrons. The Morgan fingerprint density at radius 2 is 2.00 bits per heavy atom. The van der Waals surface area contributed by atoms with E-state index in [1.807, 2.05) is 18.2 Å². The van der Waals surface area contributed by atoms with Crippen LogP contribution in [0.4, 0.5) is 5.69 Å². The highest BCUT2D eigenvalue weighted by atomic mass is 79.9. The number of nitrogens with zero attached hydrogens (tertiary/aromatic N) is 1. The van der Waals surface area contributed by atoms with E-state index in [0.717, 1.165) is 30.2 Å². The minimum Gasteiger partial charge on any atom is -0.481 e. The van der Waals surface area contributed by atoms with Gasteiger partial charge in [0.15, 0.2) is 0 Å². The third-order valence-electron chi connectivity index (χ3n) is 4.26. The van der Waals surface area contributed by atoms with Crippen molar-refractivity contribution in [2.24, 2.45) is 5.41 Å². The number of carbonyl (C=O) groups is 1. The van der Waals surface area contributed by atoms with Crippen molar-refractivity contribution in [3.05, 3.63) is 28.2 Å². The molecule has 0 atom stereocenters. The molecule has 0 amide bonds. The summed E-state index contributed by atoms with van der Waals surface area (Å²) in [6.45, 7) is 0.369. The number of benzene rings is 1. The van der Waals surface area contributed by atoms with Crippen LogP contribution in [-0.2, 0) is 4.79 Å². The van der Waals surface area contributed by atoms with Crippen LogP contribution in [0.5, 0.6) is 0 Å². The van der Waals surface area contributed by atoms with Crippen LogP contribution in [0.25, 0.3) is 0 Å². The number of aliphatic carboxylic acids is 1. The minimum absolute atomic E-state index is 0.369. The van der Waals surface area contributed by atoms with Gasteiger partial charge in [-0.15, -0.1) is 0 Å². The lowest BCUT2D eigenvalue weighted by Gasteiger charge is -2.29. The van der Waals surface area contributed by atoms with Crippen molar-refractivity contribution in [3.63, 3.8) is 0 Å². The molecular formula is C16H19BrN2O2. The zero-order valence-corrected chi connectivity index (χ0v) is 13.4. The SMILES string of the molecule is N#Cc1c(Br)cccc1NCC1(C(=O)O)CCCCCC1. The van der Waals surface area contributed by atoms with E-state index in [1.54, 1.807) is 0 Å². The van der Waals surface area contributed by atoms with Crippen molar-refractivity contribution in [2.45, 2.75) is 38.5 Å². The first-order chi connectivity index (χ1) is 10.1. The van der Waals surface area contributed by atoms with Gasteiger partial charge in [0, 0.05) is 11.0 Å². The molecule has 0 aromatic heterocycles. The molecule has 5 heteroatoms. The molecule has 2 rings (SSSR count). The van der Waals surface area contributed by atoms with Crippen molar-refractivity contribution < 1.29 is 9.90 Å². The molecule has 1 aromatic carbocycles. The molecule has 4 nitrogen and oxygen atoms in total. The summed E-state index contributed by atoms with van der Waals surface area (Å²) in [4.78, 5) is 11.8. The van der Waals surface area contributed by atoms with Crippen LogP contribution >= 0.6 is 15.9 Å². The summed E-state index contributed by atoms with van der Waals surface area (Å²) in [6, 6.07) is 7.61. The van der Waals surface area contributed by atoms with E-state index in [9.17, 15) is 15.2 Å². The fourth-order valence-corrected chi connectivity index (χ4v) is 3.38. The molecule has 0 spiro atoms. The molecule has 112 valence electrons. The Hall–Kier alpha value is -1.54. The molecule has 0 saturated heterocycles. The maximum absolute atomic E-state index is 11.8. The van der Waals surface area contributed by atoms with Crippen LogP contribution in [0.2, 0.25) is 0 Å². The highest BCUT2D eigenvalue weighted by Gasteiger charge is 2.38. The number of carboxylic acid groups (broad SMARTS) is 1. The topological polar surface area (TPSA) is 73.1 Å². The van der Waals surface area contributed by atoms with Gasteiger partial charge in [-0.3, -0.25) is 4.79 Å². The van der Waals surface area contributed by atoms with E-state index in [1.165, 1.54) is 0 Å². The number of anilines is 1. The lowest BCUT2D eigenvalue weighted by Crippen LogP contribution is -2.37. The fourth-order valence-electron chi connectivity index (χ4n) is 2.92. The van der Waals surface area contributed by atoms with Gasteiger partial charge in [0.1, 0.15) is 6.07 Å². The largest absolute Gasteiger partial charge is 0.481 e. The van der Waals surface area contributed by atoms with Gasteiger partial charge in [0.05, 0.1) is 16.7 Å². The molecule has 1 aromatic rings. The minimum atomic E-state index is -0.731. The first-order valence-corrected chi connectivity index (χ1v) is 8.04. The van der Waals surface area contributed by atoms with Crippen molar-refractivity contribution in [1.29, 1.82) is 5.26 Å². The molecule has 1 fully saturated rings. The molecule has 21 heavy (non-hydrogen) atoms. The van der Waals surface area contributed by atoms with Gasteiger partial charge in [-0.25, -0.2) is 0 Å². The summed E-state index contributed by atoms with van der Waals surface area (Å²) in [5, 5.41) is 22.1. The van der Waals surface area contributed by atoms with Crippen LogP contribution in [-0.4, -0.2) is 17.6 Å². The Bertz CT molecular complexity index is 558. The molecule has 1 saturated carbocycles. The molecule has 0 bridgehead atoms. The third kappa shape index (κ3) is 3.56. The van der Waals surface area contributed by atoms with Crippen molar-refractivity contribution in [3.8, 4) is 6.07 Å². The standard InChI is InChI=1S/C16H19BrN2O2/c17-13-6-5-7-14(12(13)10-18)19-11-16(15(20)21)8-3-1-2-4-9-16/h5-7,19H,1-4,8-9,11H2,(H,20,21). The van der Waals surface area contributed by atoms with Crippen LogP contribution in [0.15, 0.2) is 22.7 Å². The van der Waals surface area contributed by atoms with Crippen molar-refractivity contribution in [1.82, 2.24) is 0 Å². The predicted octanol–water partition coefficient (Wildman–Crippen LogP) is 4.16. The Morgan fingerprint density at radius 1 is 1.33 bits per heavy atom. The van der Waals surface area contributed by atoms with E-state index < -0.39 is 11.4 Å². The summed E-state index contributed by atoms with van der Waals surface area (Å²) < 4.78 is 0.722. The molecule has 0 aliphatic heterocycles. The number of rotatable bonds is 4. The second kappa shape index (κ2) is 6.95. The molecule has 2 N–H and O–H groups in total. The first kappa shape index (κ1) is 15.8. The van der Waals surface area contributed by atoms with Gasteiger partial charge in [-0.1, -0.05) is 31.7 Å². The number of halogens is 1. The Morgan fingerprint density at radius 3 is 2.57 bits per heavy atom. The maximum atomic E-state index is 11.8. The Labute approximate surface area is 133 Å². The number of carboxylic acids is 1. The highest BCUT2D eigenvalue weighted by Crippen LogP contribution is 2.36. The monoisotopic (exact) mass is 350 g/mol. The molecule has 1 aliphatic carbocycles. The first-order valence-electron chi connectivity index (χ1n) is 7.25. The lowest BCUT2D eigenvalue weighted by atomic mass is 9.80. The van der Waals surface area contributed by atoms with E-state index >= 15 is 0 Å². The average molecular weight is 351 g/mol. The molecule has 0 heterocycles. The summed E-state index contributed by atoms with van der Waals surface area (Å²) in [5.74, 6) is -0.731. The van der Waals surface area contributed by atoms with Crippen molar-refractivity contribution >= 4 is 27.6 Å². The van der Waals surface area contributed by atoms with Gasteiger partial charge >= 0.3 is 5.97 Å². The van der Waals surface area contributed by atoms with Gasteiger partial charge in [0.2, 0.25) is 0 Å². The van der Waals surface area contributed by atoms with E-state index in [2.05, 4.69) is 27.3 Å². The zero-order chi connectivity index (χ0) is 15.3. The molecule has 1 aliphatic rings.